The van der Waals surface area contributed by atoms with Crippen LogP contribution in [0.4, 0.5) is 0 Å². The Bertz CT molecular complexity index is 314. The monoisotopic (exact) mass is 232 g/mol. The van der Waals surface area contributed by atoms with Crippen molar-refractivity contribution in [1.82, 2.24) is 9.36 Å². The highest BCUT2D eigenvalue weighted by Crippen LogP contribution is 2.25. The van der Waals surface area contributed by atoms with Crippen molar-refractivity contribution in [2.75, 3.05) is 6.61 Å². The average molecular weight is 232 g/mol. The molecule has 4 nitrogen and oxygen atoms in total. The van der Waals surface area contributed by atoms with Gasteiger partial charge in [-0.1, -0.05) is 11.8 Å². The summed E-state index contributed by atoms with van der Waals surface area (Å²) in [7, 11) is 0. The molecule has 0 spiro atoms. The molecule has 0 aromatic carbocycles. The fourth-order valence-electron chi connectivity index (χ4n) is 0.785. The van der Waals surface area contributed by atoms with Crippen molar-refractivity contribution in [3.05, 3.63) is 5.82 Å². The van der Waals surface area contributed by atoms with Crippen molar-refractivity contribution in [2.24, 2.45) is 0 Å². The molecule has 6 heteroatoms. The van der Waals surface area contributed by atoms with E-state index < -0.39 is 0 Å². The molecule has 0 radical (unpaired) electrons. The fraction of sp³-hybridized carbons (Fsp3) is 0.625. The van der Waals surface area contributed by atoms with E-state index in [-0.39, 0.29) is 11.2 Å². The van der Waals surface area contributed by atoms with Crippen LogP contribution in [0.15, 0.2) is 4.34 Å². The molecule has 78 valence electrons. The van der Waals surface area contributed by atoms with Crippen LogP contribution in [-0.4, -0.2) is 27.2 Å². The summed E-state index contributed by atoms with van der Waals surface area (Å²) < 4.78 is 9.72. The summed E-state index contributed by atoms with van der Waals surface area (Å²) in [6.45, 7) is 5.85. The molecular weight excluding hydrogens is 220 g/mol. The number of thioether (sulfide) groups is 1. The number of rotatable bonds is 4. The van der Waals surface area contributed by atoms with E-state index in [9.17, 15) is 4.79 Å². The van der Waals surface area contributed by atoms with E-state index >= 15 is 0 Å². The number of aryl methyl sites for hydroxylation is 1. The molecule has 1 atom stereocenters. The van der Waals surface area contributed by atoms with Gasteiger partial charge in [0.2, 0.25) is 0 Å². The van der Waals surface area contributed by atoms with Crippen LogP contribution in [0.1, 0.15) is 19.7 Å². The third kappa shape index (κ3) is 3.26. The number of carbonyl (C=O) groups excluding carboxylic acids is 1. The Morgan fingerprint density at radius 1 is 1.71 bits per heavy atom. The van der Waals surface area contributed by atoms with Gasteiger partial charge in [0.25, 0.3) is 0 Å². The molecule has 1 rings (SSSR count). The Morgan fingerprint density at radius 3 is 2.93 bits per heavy atom. The quantitative estimate of drug-likeness (QED) is 0.586. The van der Waals surface area contributed by atoms with Crippen molar-refractivity contribution < 1.29 is 9.53 Å². The van der Waals surface area contributed by atoms with E-state index in [1.807, 2.05) is 6.92 Å². The molecule has 1 unspecified atom stereocenters. The van der Waals surface area contributed by atoms with Crippen molar-refractivity contribution in [3.8, 4) is 0 Å². The zero-order chi connectivity index (χ0) is 10.6. The van der Waals surface area contributed by atoms with E-state index in [4.69, 9.17) is 4.74 Å². The lowest BCUT2D eigenvalue weighted by Crippen LogP contribution is -2.16. The second kappa shape index (κ2) is 5.31. The Morgan fingerprint density at radius 2 is 2.43 bits per heavy atom. The van der Waals surface area contributed by atoms with Gasteiger partial charge in [0.05, 0.1) is 6.61 Å². The highest BCUT2D eigenvalue weighted by atomic mass is 32.2. The molecule has 0 bridgehead atoms. The molecular formula is C8H12N2O2S2. The van der Waals surface area contributed by atoms with Crippen molar-refractivity contribution >= 4 is 29.3 Å². The van der Waals surface area contributed by atoms with E-state index in [2.05, 4.69) is 9.36 Å². The molecule has 14 heavy (non-hydrogen) atoms. The summed E-state index contributed by atoms with van der Waals surface area (Å²) in [6, 6.07) is 0. The van der Waals surface area contributed by atoms with Gasteiger partial charge in [0.15, 0.2) is 4.34 Å². The number of ether oxygens (including phenoxy) is 1. The normalized spacial score (nSPS) is 12.5. The van der Waals surface area contributed by atoms with Crippen molar-refractivity contribution in [1.29, 1.82) is 0 Å². The number of aromatic nitrogens is 2. The predicted molar refractivity (Wildman–Crippen MR) is 56.6 cm³/mol. The van der Waals surface area contributed by atoms with E-state index in [1.54, 1.807) is 13.8 Å². The smallest absolute Gasteiger partial charge is 0.319 e. The van der Waals surface area contributed by atoms with Crippen LogP contribution >= 0.6 is 23.3 Å². The molecule has 0 aliphatic carbocycles. The topological polar surface area (TPSA) is 52.1 Å². The maximum Gasteiger partial charge on any atom is 0.319 e. The van der Waals surface area contributed by atoms with Gasteiger partial charge >= 0.3 is 5.97 Å². The fourth-order valence-corrected chi connectivity index (χ4v) is 2.58. The SMILES string of the molecule is CCOC(=O)C(C)Sc1nc(C)ns1. The molecule has 0 saturated carbocycles. The van der Waals surface area contributed by atoms with Gasteiger partial charge in [-0.05, 0) is 32.3 Å². The maximum atomic E-state index is 11.3. The minimum absolute atomic E-state index is 0.203. The number of carbonyl (C=O) groups is 1. The molecule has 0 aliphatic heterocycles. The summed E-state index contributed by atoms with van der Waals surface area (Å²) in [5.74, 6) is 0.541. The van der Waals surface area contributed by atoms with E-state index in [0.717, 1.165) is 10.2 Å². The third-order valence-electron chi connectivity index (χ3n) is 1.41. The zero-order valence-corrected chi connectivity index (χ0v) is 9.94. The Labute approximate surface area is 91.2 Å². The van der Waals surface area contributed by atoms with Crippen LogP contribution < -0.4 is 0 Å². The number of hydrogen-bond acceptors (Lipinski definition) is 6. The molecule has 1 aromatic rings. The van der Waals surface area contributed by atoms with E-state index in [1.165, 1.54) is 23.3 Å². The first-order chi connectivity index (χ1) is 6.63. The Balaban J connectivity index is 2.48. The first-order valence-electron chi connectivity index (χ1n) is 4.27. The summed E-state index contributed by atoms with van der Waals surface area (Å²) in [4.78, 5) is 15.4. The summed E-state index contributed by atoms with van der Waals surface area (Å²) in [5, 5.41) is -0.220. The minimum atomic E-state index is -0.220. The zero-order valence-electron chi connectivity index (χ0n) is 8.31. The summed E-state index contributed by atoms with van der Waals surface area (Å²) in [5.41, 5.74) is 0. The highest BCUT2D eigenvalue weighted by Gasteiger charge is 2.17. The third-order valence-corrected chi connectivity index (χ3v) is 3.36. The molecule has 1 aromatic heterocycles. The molecule has 1 heterocycles. The second-order valence-corrected chi connectivity index (χ2v) is 4.96. The van der Waals surface area contributed by atoms with Crippen molar-refractivity contribution in [3.63, 3.8) is 0 Å². The van der Waals surface area contributed by atoms with Gasteiger partial charge < -0.3 is 4.74 Å². The standard InChI is InChI=1S/C8H12N2O2S2/c1-4-12-7(11)5(2)13-8-9-6(3)10-14-8/h5H,4H2,1-3H3. The van der Waals surface area contributed by atoms with Gasteiger partial charge in [-0.3, -0.25) is 4.79 Å². The number of hydrogen-bond donors (Lipinski definition) is 0. The Hall–Kier alpha value is -0.620. The van der Waals surface area contributed by atoms with E-state index in [0.29, 0.717) is 6.61 Å². The molecule has 0 saturated heterocycles. The lowest BCUT2D eigenvalue weighted by atomic mass is 10.5. The summed E-state index contributed by atoms with van der Waals surface area (Å²) >= 11 is 2.69. The average Bonchev–Trinajstić information content (AvgIpc) is 2.51. The first-order valence-corrected chi connectivity index (χ1v) is 5.92. The second-order valence-electron chi connectivity index (χ2n) is 2.62. The molecule has 0 N–H and O–H groups in total. The molecule has 0 amide bonds. The van der Waals surface area contributed by atoms with Crippen molar-refractivity contribution in [2.45, 2.75) is 30.4 Å². The van der Waals surface area contributed by atoms with Crippen LogP contribution in [0.5, 0.6) is 0 Å². The lowest BCUT2D eigenvalue weighted by molar-refractivity contribution is -0.142. The van der Waals surface area contributed by atoms with Crippen LogP contribution in [0.3, 0.4) is 0 Å². The van der Waals surface area contributed by atoms with Crippen LogP contribution in [0.25, 0.3) is 0 Å². The summed E-state index contributed by atoms with van der Waals surface area (Å²) in [6.07, 6.45) is 0. The largest absolute Gasteiger partial charge is 0.465 e. The van der Waals surface area contributed by atoms with Crippen LogP contribution in [0.2, 0.25) is 0 Å². The maximum absolute atomic E-state index is 11.3. The lowest BCUT2D eigenvalue weighted by Gasteiger charge is -2.06. The van der Waals surface area contributed by atoms with Crippen LogP contribution in [0, 0.1) is 6.92 Å². The van der Waals surface area contributed by atoms with Gasteiger partial charge in [-0.25, -0.2) is 4.98 Å². The van der Waals surface area contributed by atoms with Gasteiger partial charge in [0.1, 0.15) is 11.1 Å². The highest BCUT2D eigenvalue weighted by molar-refractivity contribution is 8.02. The number of nitrogens with zero attached hydrogens (tertiary/aromatic N) is 2. The van der Waals surface area contributed by atoms with Gasteiger partial charge in [-0.15, -0.1) is 0 Å². The van der Waals surface area contributed by atoms with Gasteiger partial charge in [0, 0.05) is 0 Å². The first kappa shape index (κ1) is 11.5. The predicted octanol–water partition coefficient (Wildman–Crippen LogP) is 1.89. The van der Waals surface area contributed by atoms with Gasteiger partial charge in [-0.2, -0.15) is 4.37 Å². The minimum Gasteiger partial charge on any atom is -0.465 e. The molecule has 0 fully saturated rings. The Kier molecular flexibility index (Phi) is 4.34. The van der Waals surface area contributed by atoms with Crippen LogP contribution in [-0.2, 0) is 9.53 Å². The molecule has 0 aliphatic rings. The number of esters is 1.